The molecule has 0 bridgehead atoms. The summed E-state index contributed by atoms with van der Waals surface area (Å²) in [7, 11) is 0. The minimum atomic E-state index is -0.259. The Morgan fingerprint density at radius 1 is 1.11 bits per heavy atom. The molecule has 5 nitrogen and oxygen atoms in total. The minimum Gasteiger partial charge on any atom is -0.504 e. The zero-order chi connectivity index (χ0) is 13.4. The Balaban J connectivity index is 2.37. The first-order chi connectivity index (χ1) is 8.67. The van der Waals surface area contributed by atoms with Crippen molar-refractivity contribution >= 4 is 0 Å². The van der Waals surface area contributed by atoms with Gasteiger partial charge in [-0.25, -0.2) is 0 Å². The van der Waals surface area contributed by atoms with Crippen LogP contribution in [0.1, 0.15) is 19.4 Å². The fraction of sp³-hybridized carbons (Fsp3) is 0.538. The molecule has 1 rings (SSSR count). The summed E-state index contributed by atoms with van der Waals surface area (Å²) in [6.45, 7) is 6.19. The predicted octanol–water partition coefficient (Wildman–Crippen LogP) is 1.59. The number of benzene rings is 1. The van der Waals surface area contributed by atoms with Crippen molar-refractivity contribution in [1.82, 2.24) is 5.32 Å². The van der Waals surface area contributed by atoms with E-state index in [0.717, 1.165) is 5.56 Å². The van der Waals surface area contributed by atoms with Crippen molar-refractivity contribution in [2.45, 2.75) is 26.7 Å². The molecule has 0 spiro atoms. The average Bonchev–Trinajstić information content (AvgIpc) is 2.34. The second kappa shape index (κ2) is 7.92. The first-order valence-corrected chi connectivity index (χ1v) is 6.12. The largest absolute Gasteiger partial charge is 0.504 e. The molecule has 1 aromatic carbocycles. The Kier molecular flexibility index (Phi) is 6.49. The van der Waals surface area contributed by atoms with E-state index in [2.05, 4.69) is 5.32 Å². The Hall–Kier alpha value is -1.30. The van der Waals surface area contributed by atoms with Crippen LogP contribution >= 0.6 is 0 Å². The molecule has 3 N–H and O–H groups in total. The van der Waals surface area contributed by atoms with Gasteiger partial charge in [-0.15, -0.1) is 0 Å². The summed E-state index contributed by atoms with van der Waals surface area (Å²) in [6.07, 6.45) is -0.259. The van der Waals surface area contributed by atoms with Gasteiger partial charge in [0.2, 0.25) is 0 Å². The molecule has 0 fully saturated rings. The van der Waals surface area contributed by atoms with Crippen LogP contribution in [0.25, 0.3) is 0 Å². The van der Waals surface area contributed by atoms with Gasteiger partial charge in [0.05, 0.1) is 0 Å². The van der Waals surface area contributed by atoms with Crippen molar-refractivity contribution in [1.29, 1.82) is 0 Å². The van der Waals surface area contributed by atoms with Crippen LogP contribution in [-0.4, -0.2) is 36.3 Å². The first kappa shape index (κ1) is 14.8. The van der Waals surface area contributed by atoms with Crippen molar-refractivity contribution in [3.63, 3.8) is 0 Å². The molecular formula is C13H21NO4. The second-order valence-electron chi connectivity index (χ2n) is 3.79. The van der Waals surface area contributed by atoms with Crippen LogP contribution in [0.5, 0.6) is 11.5 Å². The molecule has 0 amide bonds. The highest BCUT2D eigenvalue weighted by Crippen LogP contribution is 2.24. The van der Waals surface area contributed by atoms with Crippen LogP contribution in [0.4, 0.5) is 0 Å². The average molecular weight is 255 g/mol. The predicted molar refractivity (Wildman–Crippen MR) is 68.5 cm³/mol. The van der Waals surface area contributed by atoms with E-state index in [1.54, 1.807) is 6.07 Å². The van der Waals surface area contributed by atoms with E-state index < -0.39 is 0 Å². The lowest BCUT2D eigenvalue weighted by atomic mass is 10.2. The maximum Gasteiger partial charge on any atom is 0.169 e. The van der Waals surface area contributed by atoms with Gasteiger partial charge in [0.1, 0.15) is 0 Å². The molecule has 0 aliphatic rings. The third-order valence-corrected chi connectivity index (χ3v) is 2.39. The van der Waals surface area contributed by atoms with Crippen LogP contribution < -0.4 is 5.32 Å². The summed E-state index contributed by atoms with van der Waals surface area (Å²) >= 11 is 0. The molecule has 102 valence electrons. The van der Waals surface area contributed by atoms with Gasteiger partial charge in [0.25, 0.3) is 0 Å². The van der Waals surface area contributed by atoms with E-state index in [-0.39, 0.29) is 17.8 Å². The molecule has 18 heavy (non-hydrogen) atoms. The van der Waals surface area contributed by atoms with Crippen molar-refractivity contribution in [2.75, 3.05) is 19.8 Å². The van der Waals surface area contributed by atoms with E-state index in [9.17, 15) is 10.2 Å². The number of rotatable bonds is 8. The van der Waals surface area contributed by atoms with Gasteiger partial charge < -0.3 is 25.0 Å². The molecule has 0 radical (unpaired) electrons. The standard InChI is InChI=1S/C13H21NO4/c1-3-17-13(18-4-2)9-14-8-10-5-6-11(15)12(16)7-10/h5-7,13-16H,3-4,8-9H2,1-2H3. The van der Waals surface area contributed by atoms with Gasteiger partial charge in [-0.3, -0.25) is 0 Å². The second-order valence-corrected chi connectivity index (χ2v) is 3.79. The van der Waals surface area contributed by atoms with E-state index in [4.69, 9.17) is 9.47 Å². The third kappa shape index (κ3) is 4.91. The molecular weight excluding hydrogens is 234 g/mol. The zero-order valence-electron chi connectivity index (χ0n) is 10.8. The topological polar surface area (TPSA) is 71.0 Å². The highest BCUT2D eigenvalue weighted by molar-refractivity contribution is 5.40. The number of hydrogen-bond donors (Lipinski definition) is 3. The Labute approximate surface area is 107 Å². The van der Waals surface area contributed by atoms with Gasteiger partial charge in [-0.05, 0) is 31.5 Å². The number of nitrogens with one attached hydrogen (secondary N) is 1. The summed E-state index contributed by atoms with van der Waals surface area (Å²) in [5.41, 5.74) is 0.886. The molecule has 5 heteroatoms. The first-order valence-electron chi connectivity index (χ1n) is 6.12. The SMILES string of the molecule is CCOC(CNCc1ccc(O)c(O)c1)OCC. The van der Waals surface area contributed by atoms with E-state index >= 15 is 0 Å². The highest BCUT2D eigenvalue weighted by atomic mass is 16.7. The Bertz CT molecular complexity index is 351. The molecule has 0 aliphatic carbocycles. The summed E-state index contributed by atoms with van der Waals surface area (Å²) < 4.78 is 10.8. The lowest BCUT2D eigenvalue weighted by Gasteiger charge is -2.17. The third-order valence-electron chi connectivity index (χ3n) is 2.39. The van der Waals surface area contributed by atoms with Crippen molar-refractivity contribution in [2.24, 2.45) is 0 Å². The minimum absolute atomic E-state index is 0.111. The fourth-order valence-corrected chi connectivity index (χ4v) is 1.55. The van der Waals surface area contributed by atoms with Crippen LogP contribution in [0.15, 0.2) is 18.2 Å². The molecule has 0 saturated carbocycles. The van der Waals surface area contributed by atoms with Crippen LogP contribution in [0.3, 0.4) is 0 Å². The van der Waals surface area contributed by atoms with Crippen LogP contribution in [-0.2, 0) is 16.0 Å². The summed E-state index contributed by atoms with van der Waals surface area (Å²) in [5.74, 6) is -0.222. The maximum atomic E-state index is 9.35. The van der Waals surface area contributed by atoms with Crippen molar-refractivity contribution in [3.8, 4) is 11.5 Å². The van der Waals surface area contributed by atoms with Crippen molar-refractivity contribution < 1.29 is 19.7 Å². The van der Waals surface area contributed by atoms with Gasteiger partial charge in [-0.2, -0.15) is 0 Å². The molecule has 0 atom stereocenters. The molecule has 0 saturated heterocycles. The molecule has 1 aromatic rings. The van der Waals surface area contributed by atoms with Crippen molar-refractivity contribution in [3.05, 3.63) is 23.8 Å². The lowest BCUT2D eigenvalue weighted by Crippen LogP contribution is -2.31. The molecule has 0 unspecified atom stereocenters. The number of ether oxygens (including phenoxy) is 2. The summed E-state index contributed by atoms with van der Waals surface area (Å²) in [6, 6.07) is 4.74. The number of phenols is 2. The zero-order valence-corrected chi connectivity index (χ0v) is 10.8. The Morgan fingerprint density at radius 2 is 1.78 bits per heavy atom. The number of phenolic OH excluding ortho intramolecular Hbond substituents is 2. The fourth-order valence-electron chi connectivity index (χ4n) is 1.55. The maximum absolute atomic E-state index is 9.35. The molecule has 0 heterocycles. The smallest absolute Gasteiger partial charge is 0.169 e. The van der Waals surface area contributed by atoms with Gasteiger partial charge in [-0.1, -0.05) is 6.07 Å². The van der Waals surface area contributed by atoms with Crippen LogP contribution in [0, 0.1) is 0 Å². The number of aromatic hydroxyl groups is 2. The normalized spacial score (nSPS) is 11.1. The van der Waals surface area contributed by atoms with E-state index in [1.165, 1.54) is 12.1 Å². The molecule has 0 aromatic heterocycles. The number of hydrogen-bond acceptors (Lipinski definition) is 5. The lowest BCUT2D eigenvalue weighted by molar-refractivity contribution is -0.133. The summed E-state index contributed by atoms with van der Waals surface area (Å²) in [4.78, 5) is 0. The van der Waals surface area contributed by atoms with Gasteiger partial charge in [0, 0.05) is 26.3 Å². The Morgan fingerprint density at radius 3 is 2.33 bits per heavy atom. The highest BCUT2D eigenvalue weighted by Gasteiger charge is 2.07. The van der Waals surface area contributed by atoms with Gasteiger partial charge in [0.15, 0.2) is 17.8 Å². The quantitative estimate of drug-likeness (QED) is 0.486. The van der Waals surface area contributed by atoms with E-state index in [0.29, 0.717) is 26.3 Å². The van der Waals surface area contributed by atoms with Gasteiger partial charge >= 0.3 is 0 Å². The monoisotopic (exact) mass is 255 g/mol. The van der Waals surface area contributed by atoms with E-state index in [1.807, 2.05) is 13.8 Å². The summed E-state index contributed by atoms with van der Waals surface area (Å²) in [5, 5.41) is 21.7. The molecule has 0 aliphatic heterocycles. The van der Waals surface area contributed by atoms with Crippen LogP contribution in [0.2, 0.25) is 0 Å².